The van der Waals surface area contributed by atoms with Gasteiger partial charge in [-0.1, -0.05) is 13.3 Å². The number of Topliss-reactive ketones (excluding diaryl/α,β-unsaturated/α-hetero) is 1. The number of anilines is 1. The summed E-state index contributed by atoms with van der Waals surface area (Å²) in [5, 5.41) is 0. The lowest BCUT2D eigenvalue weighted by atomic mass is 10.1. The second kappa shape index (κ2) is 8.60. The van der Waals surface area contributed by atoms with Gasteiger partial charge in [0.1, 0.15) is 5.82 Å². The summed E-state index contributed by atoms with van der Waals surface area (Å²) in [6.07, 6.45) is 3.72. The van der Waals surface area contributed by atoms with Gasteiger partial charge in [0.05, 0.1) is 17.3 Å². The molecule has 2 aliphatic heterocycles. The third-order valence-corrected chi connectivity index (χ3v) is 6.25. The van der Waals surface area contributed by atoms with Crippen molar-refractivity contribution in [3.63, 3.8) is 0 Å². The highest BCUT2D eigenvalue weighted by Crippen LogP contribution is 2.25. The molecule has 1 aromatic carbocycles. The number of benzene rings is 1. The monoisotopic (exact) mass is 412 g/mol. The molecule has 7 heteroatoms. The topological polar surface area (TPSA) is 48.8 Å². The van der Waals surface area contributed by atoms with Gasteiger partial charge >= 0.3 is 0 Å². The summed E-state index contributed by atoms with van der Waals surface area (Å²) < 4.78 is 15.0. The standard InChI is InChI=1S/C23H29FN4O2/c1-3-4-10-28-16-20(22(29)21-19(23(28)30)9-11-25(21)2)27-14-12-26(13-15-27)18-7-5-17(24)6-8-18/h5-9,11,20H,3-4,10,12-16H2,1-2H3. The summed E-state index contributed by atoms with van der Waals surface area (Å²) in [6.45, 7) is 6.18. The van der Waals surface area contributed by atoms with Crippen LogP contribution in [0.25, 0.3) is 0 Å². The lowest BCUT2D eigenvalue weighted by molar-refractivity contribution is 0.0639. The van der Waals surface area contributed by atoms with E-state index >= 15 is 0 Å². The molecular formula is C23H29FN4O2. The highest BCUT2D eigenvalue weighted by atomic mass is 19.1. The highest BCUT2D eigenvalue weighted by Gasteiger charge is 2.39. The van der Waals surface area contributed by atoms with Crippen molar-refractivity contribution in [3.8, 4) is 0 Å². The molecule has 160 valence electrons. The normalized spacial score (nSPS) is 20.4. The van der Waals surface area contributed by atoms with Crippen molar-refractivity contribution in [1.29, 1.82) is 0 Å². The maximum absolute atomic E-state index is 13.5. The molecule has 3 heterocycles. The maximum Gasteiger partial charge on any atom is 0.256 e. The van der Waals surface area contributed by atoms with Crippen LogP contribution >= 0.6 is 0 Å². The number of unbranched alkanes of at least 4 members (excludes halogenated alkanes) is 1. The van der Waals surface area contributed by atoms with Gasteiger partial charge in [-0.3, -0.25) is 14.5 Å². The first-order valence-electron chi connectivity index (χ1n) is 10.7. The minimum absolute atomic E-state index is 0.0279. The van der Waals surface area contributed by atoms with Crippen LogP contribution < -0.4 is 4.90 Å². The zero-order valence-electron chi connectivity index (χ0n) is 17.7. The fourth-order valence-electron chi connectivity index (χ4n) is 4.48. The quantitative estimate of drug-likeness (QED) is 0.758. The largest absolute Gasteiger partial charge is 0.369 e. The molecule has 2 aromatic rings. The van der Waals surface area contributed by atoms with Gasteiger partial charge < -0.3 is 14.4 Å². The Balaban J connectivity index is 1.54. The number of aryl methyl sites for hydroxylation is 1. The number of fused-ring (bicyclic) bond motifs is 1. The molecular weight excluding hydrogens is 383 g/mol. The molecule has 0 bridgehead atoms. The second-order valence-corrected chi connectivity index (χ2v) is 8.17. The number of aromatic nitrogens is 1. The second-order valence-electron chi connectivity index (χ2n) is 8.17. The Morgan fingerprint density at radius 1 is 1.03 bits per heavy atom. The van der Waals surface area contributed by atoms with Gasteiger partial charge in [-0.25, -0.2) is 4.39 Å². The van der Waals surface area contributed by atoms with Crippen molar-refractivity contribution >= 4 is 17.4 Å². The molecule has 30 heavy (non-hydrogen) atoms. The zero-order chi connectivity index (χ0) is 21.3. The SMILES string of the molecule is CCCCN1CC(N2CCN(c3ccc(F)cc3)CC2)C(=O)c2c(ccn2C)C1=O. The molecule has 1 amide bonds. The van der Waals surface area contributed by atoms with E-state index in [0.717, 1.165) is 44.7 Å². The molecule has 1 saturated heterocycles. The average Bonchev–Trinajstić information content (AvgIpc) is 3.10. The van der Waals surface area contributed by atoms with Crippen molar-refractivity contribution in [2.45, 2.75) is 25.8 Å². The van der Waals surface area contributed by atoms with Gasteiger partial charge in [0.15, 0.2) is 5.78 Å². The molecule has 1 unspecified atom stereocenters. The van der Waals surface area contributed by atoms with Gasteiger partial charge in [0.25, 0.3) is 5.91 Å². The molecule has 1 aromatic heterocycles. The van der Waals surface area contributed by atoms with E-state index in [0.29, 0.717) is 24.3 Å². The number of hydrogen-bond acceptors (Lipinski definition) is 4. The summed E-state index contributed by atoms with van der Waals surface area (Å²) >= 11 is 0. The Hall–Kier alpha value is -2.67. The summed E-state index contributed by atoms with van der Waals surface area (Å²) in [4.78, 5) is 32.8. The lowest BCUT2D eigenvalue weighted by Gasteiger charge is -2.40. The Morgan fingerprint density at radius 2 is 1.73 bits per heavy atom. The zero-order valence-corrected chi connectivity index (χ0v) is 17.7. The number of amides is 1. The van der Waals surface area contributed by atoms with Crippen molar-refractivity contribution in [2.75, 3.05) is 44.2 Å². The van der Waals surface area contributed by atoms with E-state index in [-0.39, 0.29) is 23.5 Å². The van der Waals surface area contributed by atoms with E-state index in [4.69, 9.17) is 0 Å². The van der Waals surface area contributed by atoms with Crippen LogP contribution in [0.3, 0.4) is 0 Å². The predicted molar refractivity (Wildman–Crippen MR) is 115 cm³/mol. The summed E-state index contributed by atoms with van der Waals surface area (Å²) in [5.41, 5.74) is 2.03. The molecule has 0 N–H and O–H groups in total. The van der Waals surface area contributed by atoms with E-state index in [2.05, 4.69) is 16.7 Å². The van der Waals surface area contributed by atoms with Gasteiger partial charge in [0, 0.05) is 58.2 Å². The highest BCUT2D eigenvalue weighted by molar-refractivity contribution is 6.11. The third kappa shape index (κ3) is 3.86. The van der Waals surface area contributed by atoms with Crippen LogP contribution in [0.15, 0.2) is 36.5 Å². The van der Waals surface area contributed by atoms with Gasteiger partial charge in [-0.05, 0) is 36.8 Å². The van der Waals surface area contributed by atoms with Crippen molar-refractivity contribution in [2.24, 2.45) is 7.05 Å². The van der Waals surface area contributed by atoms with E-state index < -0.39 is 0 Å². The fourth-order valence-corrected chi connectivity index (χ4v) is 4.48. The van der Waals surface area contributed by atoms with Crippen LogP contribution in [0, 0.1) is 5.82 Å². The molecule has 2 aliphatic rings. The number of carbonyl (C=O) groups excluding carboxylic acids is 2. The molecule has 0 saturated carbocycles. The van der Waals surface area contributed by atoms with Crippen LogP contribution in [0.4, 0.5) is 10.1 Å². The smallest absolute Gasteiger partial charge is 0.256 e. The molecule has 0 radical (unpaired) electrons. The van der Waals surface area contributed by atoms with Crippen molar-refractivity contribution in [3.05, 3.63) is 53.6 Å². The average molecular weight is 413 g/mol. The summed E-state index contributed by atoms with van der Waals surface area (Å²) in [6, 6.07) is 7.97. The lowest BCUT2D eigenvalue weighted by Crippen LogP contribution is -2.56. The molecule has 1 atom stereocenters. The fraction of sp³-hybridized carbons (Fsp3) is 0.478. The minimum atomic E-state index is -0.337. The van der Waals surface area contributed by atoms with E-state index in [1.54, 1.807) is 29.0 Å². The number of carbonyl (C=O) groups is 2. The van der Waals surface area contributed by atoms with Crippen LogP contribution in [0.2, 0.25) is 0 Å². The number of ketones is 1. The van der Waals surface area contributed by atoms with Crippen molar-refractivity contribution < 1.29 is 14.0 Å². The van der Waals surface area contributed by atoms with Crippen molar-refractivity contribution in [1.82, 2.24) is 14.4 Å². The van der Waals surface area contributed by atoms with Crippen LogP contribution in [-0.4, -0.2) is 71.4 Å². The Bertz CT molecular complexity index is 916. The van der Waals surface area contributed by atoms with Crippen LogP contribution in [-0.2, 0) is 7.05 Å². The number of rotatable bonds is 5. The molecule has 0 spiro atoms. The van der Waals surface area contributed by atoms with Gasteiger partial charge in [-0.15, -0.1) is 0 Å². The molecule has 4 rings (SSSR count). The first-order chi connectivity index (χ1) is 14.5. The minimum Gasteiger partial charge on any atom is -0.369 e. The van der Waals surface area contributed by atoms with Crippen LogP contribution in [0.1, 0.15) is 40.6 Å². The van der Waals surface area contributed by atoms with Gasteiger partial charge in [0.2, 0.25) is 0 Å². The molecule has 0 aliphatic carbocycles. The van der Waals surface area contributed by atoms with E-state index in [9.17, 15) is 14.0 Å². The Kier molecular flexibility index (Phi) is 5.90. The van der Waals surface area contributed by atoms with E-state index in [1.807, 2.05) is 11.9 Å². The Morgan fingerprint density at radius 3 is 2.40 bits per heavy atom. The summed E-state index contributed by atoms with van der Waals surface area (Å²) in [7, 11) is 1.83. The first kappa shape index (κ1) is 20.6. The summed E-state index contributed by atoms with van der Waals surface area (Å²) in [5.74, 6) is -0.253. The number of halogens is 1. The Labute approximate surface area is 176 Å². The molecule has 1 fully saturated rings. The number of piperazine rings is 1. The molecule has 6 nitrogen and oxygen atoms in total. The predicted octanol–water partition coefficient (Wildman–Crippen LogP) is 2.79. The third-order valence-electron chi connectivity index (χ3n) is 6.25. The number of hydrogen-bond donors (Lipinski definition) is 0. The van der Waals surface area contributed by atoms with Gasteiger partial charge in [-0.2, -0.15) is 0 Å². The van der Waals surface area contributed by atoms with Crippen LogP contribution in [0.5, 0.6) is 0 Å². The number of nitrogens with zero attached hydrogens (tertiary/aromatic N) is 4. The maximum atomic E-state index is 13.5. The van der Waals surface area contributed by atoms with E-state index in [1.165, 1.54) is 12.1 Å². The first-order valence-corrected chi connectivity index (χ1v) is 10.7.